The molecule has 2 N–H and O–H groups in total. The van der Waals surface area contributed by atoms with E-state index in [1.165, 1.54) is 12.8 Å². The molecule has 1 unspecified atom stereocenters. The van der Waals surface area contributed by atoms with Crippen LogP contribution in [0.5, 0.6) is 0 Å². The molecular weight excluding hydrogens is 345 g/mol. The Morgan fingerprint density at radius 3 is 3.00 bits per heavy atom. The van der Waals surface area contributed by atoms with Crippen molar-refractivity contribution in [2.24, 2.45) is 0 Å². The van der Waals surface area contributed by atoms with Gasteiger partial charge >= 0.3 is 0 Å². The van der Waals surface area contributed by atoms with Crippen LogP contribution in [0.3, 0.4) is 0 Å². The molecule has 1 aliphatic rings. The van der Waals surface area contributed by atoms with E-state index in [-0.39, 0.29) is 10.6 Å². The molecule has 1 fully saturated rings. The second kappa shape index (κ2) is 6.33. The lowest BCUT2D eigenvalue weighted by Gasteiger charge is -2.18. The number of anilines is 1. The molecule has 1 aromatic carbocycles. The van der Waals surface area contributed by atoms with Gasteiger partial charge in [0.1, 0.15) is 0 Å². The van der Waals surface area contributed by atoms with Crippen LogP contribution in [0.4, 0.5) is 11.4 Å². The molecule has 0 spiro atoms. The van der Waals surface area contributed by atoms with E-state index in [2.05, 4.69) is 33.2 Å². The zero-order valence-corrected chi connectivity index (χ0v) is 12.1. The minimum atomic E-state index is -0.362. The van der Waals surface area contributed by atoms with Crippen LogP contribution in [-0.4, -0.2) is 24.1 Å². The lowest BCUT2D eigenvalue weighted by molar-refractivity contribution is -0.384. The van der Waals surface area contributed by atoms with Crippen molar-refractivity contribution >= 4 is 34.0 Å². The van der Waals surface area contributed by atoms with E-state index in [1.807, 2.05) is 0 Å². The molecule has 6 heteroatoms. The molecule has 1 aliphatic heterocycles. The SMILES string of the molecule is O=[N+]([O-])c1ccc(NC2CCCCNC2)c(I)c1. The molecule has 0 bridgehead atoms. The number of nitro groups is 1. The molecular formula is C12H16IN3O2. The fourth-order valence-corrected chi connectivity index (χ4v) is 2.75. The Morgan fingerprint density at radius 1 is 1.44 bits per heavy atom. The predicted octanol–water partition coefficient (Wildman–Crippen LogP) is 2.75. The molecule has 5 nitrogen and oxygen atoms in total. The van der Waals surface area contributed by atoms with Crippen molar-refractivity contribution in [3.63, 3.8) is 0 Å². The van der Waals surface area contributed by atoms with Crippen molar-refractivity contribution in [1.29, 1.82) is 0 Å². The van der Waals surface area contributed by atoms with E-state index in [4.69, 9.17) is 0 Å². The molecule has 2 rings (SSSR count). The first-order valence-corrected chi connectivity index (χ1v) is 7.16. The van der Waals surface area contributed by atoms with Crippen molar-refractivity contribution in [3.05, 3.63) is 31.9 Å². The minimum Gasteiger partial charge on any atom is -0.380 e. The second-order valence-electron chi connectivity index (χ2n) is 4.46. The molecule has 1 atom stereocenters. The van der Waals surface area contributed by atoms with Crippen LogP contribution in [0, 0.1) is 13.7 Å². The standard InChI is InChI=1S/C12H16IN3O2/c13-11-7-10(16(17)18)4-5-12(11)15-9-3-1-2-6-14-8-9/h4-5,7,9,14-15H,1-3,6,8H2. The zero-order valence-electron chi connectivity index (χ0n) is 9.99. The van der Waals surface area contributed by atoms with E-state index >= 15 is 0 Å². The summed E-state index contributed by atoms with van der Waals surface area (Å²) in [6.45, 7) is 2.03. The third-order valence-corrected chi connectivity index (χ3v) is 3.96. The van der Waals surface area contributed by atoms with E-state index in [1.54, 1.807) is 18.2 Å². The molecule has 0 saturated carbocycles. The summed E-state index contributed by atoms with van der Waals surface area (Å²) >= 11 is 2.14. The largest absolute Gasteiger partial charge is 0.380 e. The Bertz CT molecular complexity index is 431. The van der Waals surface area contributed by atoms with Crippen molar-refractivity contribution in [3.8, 4) is 0 Å². The molecule has 98 valence electrons. The first kappa shape index (κ1) is 13.5. The number of hydrogen-bond acceptors (Lipinski definition) is 4. The smallest absolute Gasteiger partial charge is 0.270 e. The van der Waals surface area contributed by atoms with Gasteiger partial charge in [-0.05, 0) is 48.0 Å². The van der Waals surface area contributed by atoms with Crippen LogP contribution < -0.4 is 10.6 Å². The molecule has 1 aromatic rings. The van der Waals surface area contributed by atoms with Crippen molar-refractivity contribution in [2.75, 3.05) is 18.4 Å². The molecule has 0 radical (unpaired) electrons. The number of rotatable bonds is 3. The van der Waals surface area contributed by atoms with Gasteiger partial charge in [-0.15, -0.1) is 0 Å². The predicted molar refractivity (Wildman–Crippen MR) is 79.9 cm³/mol. The summed E-state index contributed by atoms with van der Waals surface area (Å²) in [5.41, 5.74) is 1.12. The Labute approximate surface area is 120 Å². The highest BCUT2D eigenvalue weighted by Gasteiger charge is 2.14. The van der Waals surface area contributed by atoms with Crippen molar-refractivity contribution in [2.45, 2.75) is 25.3 Å². The summed E-state index contributed by atoms with van der Waals surface area (Å²) in [5, 5.41) is 17.5. The number of non-ortho nitro benzene ring substituents is 1. The zero-order chi connectivity index (χ0) is 13.0. The topological polar surface area (TPSA) is 67.2 Å². The lowest BCUT2D eigenvalue weighted by Crippen LogP contribution is -2.31. The number of nitrogens with one attached hydrogen (secondary N) is 2. The van der Waals surface area contributed by atoms with Gasteiger partial charge < -0.3 is 10.6 Å². The summed E-state index contributed by atoms with van der Waals surface area (Å²) < 4.78 is 0.894. The van der Waals surface area contributed by atoms with Gasteiger partial charge in [-0.2, -0.15) is 0 Å². The number of nitro benzene ring substituents is 1. The van der Waals surface area contributed by atoms with E-state index in [0.29, 0.717) is 6.04 Å². The Kier molecular flexibility index (Phi) is 4.76. The maximum absolute atomic E-state index is 10.7. The first-order valence-electron chi connectivity index (χ1n) is 6.08. The van der Waals surface area contributed by atoms with Crippen molar-refractivity contribution in [1.82, 2.24) is 5.32 Å². The van der Waals surface area contributed by atoms with Gasteiger partial charge in [-0.25, -0.2) is 0 Å². The fourth-order valence-electron chi connectivity index (χ4n) is 2.10. The molecule has 1 heterocycles. The van der Waals surface area contributed by atoms with Gasteiger partial charge in [-0.3, -0.25) is 10.1 Å². The van der Waals surface area contributed by atoms with Gasteiger partial charge in [0.2, 0.25) is 0 Å². The van der Waals surface area contributed by atoms with Crippen LogP contribution in [0.15, 0.2) is 18.2 Å². The normalized spacial score (nSPS) is 20.2. The maximum atomic E-state index is 10.7. The molecule has 1 saturated heterocycles. The number of benzene rings is 1. The molecule has 0 aromatic heterocycles. The quantitative estimate of drug-likeness (QED) is 0.494. The van der Waals surface area contributed by atoms with Gasteiger partial charge in [0, 0.05) is 34.0 Å². The highest BCUT2D eigenvalue weighted by Crippen LogP contribution is 2.25. The summed E-state index contributed by atoms with van der Waals surface area (Å²) in [6.07, 6.45) is 3.57. The molecule has 0 aliphatic carbocycles. The van der Waals surface area contributed by atoms with E-state index in [9.17, 15) is 10.1 Å². The Morgan fingerprint density at radius 2 is 2.28 bits per heavy atom. The van der Waals surface area contributed by atoms with Gasteiger partial charge in [-0.1, -0.05) is 6.42 Å². The average molecular weight is 361 g/mol. The van der Waals surface area contributed by atoms with Crippen LogP contribution in [0.1, 0.15) is 19.3 Å². The summed E-state index contributed by atoms with van der Waals surface area (Å²) in [5.74, 6) is 0. The van der Waals surface area contributed by atoms with Gasteiger partial charge in [0.25, 0.3) is 5.69 Å². The maximum Gasteiger partial charge on any atom is 0.270 e. The highest BCUT2D eigenvalue weighted by molar-refractivity contribution is 14.1. The van der Waals surface area contributed by atoms with E-state index < -0.39 is 0 Å². The van der Waals surface area contributed by atoms with Gasteiger partial charge in [0.15, 0.2) is 0 Å². The van der Waals surface area contributed by atoms with Crippen LogP contribution in [0.25, 0.3) is 0 Å². The fraction of sp³-hybridized carbons (Fsp3) is 0.500. The highest BCUT2D eigenvalue weighted by atomic mass is 127. The summed E-state index contributed by atoms with van der Waals surface area (Å²) in [7, 11) is 0. The van der Waals surface area contributed by atoms with Crippen LogP contribution >= 0.6 is 22.6 Å². The average Bonchev–Trinajstić information content (AvgIpc) is 2.60. The van der Waals surface area contributed by atoms with Crippen molar-refractivity contribution < 1.29 is 4.92 Å². The Balaban J connectivity index is 2.06. The Hall–Kier alpha value is -0.890. The second-order valence-corrected chi connectivity index (χ2v) is 5.62. The molecule has 0 amide bonds. The number of nitrogens with zero attached hydrogens (tertiary/aromatic N) is 1. The third-order valence-electron chi connectivity index (χ3n) is 3.07. The summed E-state index contributed by atoms with van der Waals surface area (Å²) in [6, 6.07) is 5.36. The number of hydrogen-bond donors (Lipinski definition) is 2. The minimum absolute atomic E-state index is 0.143. The first-order chi connectivity index (χ1) is 8.66. The van der Waals surface area contributed by atoms with Gasteiger partial charge in [0.05, 0.1) is 4.92 Å². The summed E-state index contributed by atoms with van der Waals surface area (Å²) in [4.78, 5) is 10.3. The van der Waals surface area contributed by atoms with Crippen LogP contribution in [-0.2, 0) is 0 Å². The number of halogens is 1. The van der Waals surface area contributed by atoms with Crippen LogP contribution in [0.2, 0.25) is 0 Å². The lowest BCUT2D eigenvalue weighted by atomic mass is 10.1. The molecule has 18 heavy (non-hydrogen) atoms. The monoisotopic (exact) mass is 361 g/mol. The van der Waals surface area contributed by atoms with E-state index in [0.717, 1.165) is 28.8 Å². The third kappa shape index (κ3) is 3.55.